The van der Waals surface area contributed by atoms with Crippen molar-refractivity contribution >= 4 is 5.97 Å². The second kappa shape index (κ2) is 24.0. The molecule has 0 aliphatic rings. The SMILES string of the molecule is CCCCCCCCCCCCCCCCCC(=O)O.CNC=C(C)C. The minimum absolute atomic E-state index is 0.345. The maximum atomic E-state index is 10.3. The monoisotopic (exact) mass is 369 g/mol. The van der Waals surface area contributed by atoms with E-state index in [1.54, 1.807) is 0 Å². The topological polar surface area (TPSA) is 49.3 Å². The predicted octanol–water partition coefficient (Wildman–Crippen LogP) is 7.46. The third-order valence-corrected chi connectivity index (χ3v) is 4.43. The molecular formula is C23H47NO2. The van der Waals surface area contributed by atoms with Gasteiger partial charge in [0.05, 0.1) is 0 Å². The summed E-state index contributed by atoms with van der Waals surface area (Å²) in [5.74, 6) is -0.653. The standard InChI is InChI=1S/C18H36O2.C5H11N/c1-2-3-4-5-6-7-8-9-10-11-12-13-14-15-16-17-18(19)20;1-5(2)4-6-3/h2-17H2,1H3,(H,19,20);4,6H,1-3H3. The molecule has 26 heavy (non-hydrogen) atoms. The van der Waals surface area contributed by atoms with Gasteiger partial charge in [-0.3, -0.25) is 4.79 Å². The van der Waals surface area contributed by atoms with Crippen LogP contribution < -0.4 is 5.32 Å². The minimum Gasteiger partial charge on any atom is -0.481 e. The highest BCUT2D eigenvalue weighted by molar-refractivity contribution is 5.66. The van der Waals surface area contributed by atoms with Crippen molar-refractivity contribution in [3.8, 4) is 0 Å². The highest BCUT2D eigenvalue weighted by atomic mass is 16.4. The maximum absolute atomic E-state index is 10.3. The van der Waals surface area contributed by atoms with E-state index in [9.17, 15) is 4.79 Å². The Morgan fingerprint density at radius 1 is 0.731 bits per heavy atom. The molecule has 0 aromatic carbocycles. The highest BCUT2D eigenvalue weighted by Gasteiger charge is 1.97. The second-order valence-corrected chi connectivity index (χ2v) is 7.60. The largest absolute Gasteiger partial charge is 0.481 e. The summed E-state index contributed by atoms with van der Waals surface area (Å²) < 4.78 is 0. The fourth-order valence-electron chi connectivity index (χ4n) is 2.94. The number of hydrogen-bond acceptors (Lipinski definition) is 2. The summed E-state index contributed by atoms with van der Waals surface area (Å²) in [5.41, 5.74) is 1.30. The maximum Gasteiger partial charge on any atom is 0.303 e. The molecule has 0 saturated carbocycles. The summed E-state index contributed by atoms with van der Waals surface area (Å²) in [5, 5.41) is 11.4. The van der Waals surface area contributed by atoms with Gasteiger partial charge < -0.3 is 10.4 Å². The van der Waals surface area contributed by atoms with Gasteiger partial charge in [0, 0.05) is 13.5 Å². The second-order valence-electron chi connectivity index (χ2n) is 7.60. The Bertz CT molecular complexity index is 309. The summed E-state index contributed by atoms with van der Waals surface area (Å²) >= 11 is 0. The van der Waals surface area contributed by atoms with Crippen molar-refractivity contribution in [2.75, 3.05) is 7.05 Å². The molecule has 156 valence electrons. The fourth-order valence-corrected chi connectivity index (χ4v) is 2.94. The average molecular weight is 370 g/mol. The summed E-state index contributed by atoms with van der Waals surface area (Å²) in [6.07, 6.45) is 22.2. The van der Waals surface area contributed by atoms with Crippen LogP contribution in [0.2, 0.25) is 0 Å². The zero-order valence-corrected chi connectivity index (χ0v) is 18.2. The van der Waals surface area contributed by atoms with Crippen molar-refractivity contribution < 1.29 is 9.90 Å². The zero-order valence-electron chi connectivity index (χ0n) is 18.2. The summed E-state index contributed by atoms with van der Waals surface area (Å²) in [6, 6.07) is 0. The summed E-state index contributed by atoms with van der Waals surface area (Å²) in [7, 11) is 1.90. The molecule has 0 saturated heterocycles. The molecule has 0 aliphatic heterocycles. The fraction of sp³-hybridized carbons (Fsp3) is 0.870. The van der Waals surface area contributed by atoms with E-state index >= 15 is 0 Å². The van der Waals surface area contributed by atoms with Crippen LogP contribution in [0.15, 0.2) is 11.8 Å². The first kappa shape index (κ1) is 27.2. The molecule has 0 aromatic heterocycles. The molecule has 2 N–H and O–H groups in total. The van der Waals surface area contributed by atoms with Crippen LogP contribution in [0.1, 0.15) is 124 Å². The lowest BCUT2D eigenvalue weighted by Crippen LogP contribution is -1.93. The van der Waals surface area contributed by atoms with E-state index in [1.165, 1.54) is 89.0 Å². The molecule has 0 rings (SSSR count). The van der Waals surface area contributed by atoms with Gasteiger partial charge in [0.1, 0.15) is 0 Å². The van der Waals surface area contributed by atoms with Gasteiger partial charge in [0.2, 0.25) is 0 Å². The van der Waals surface area contributed by atoms with Crippen LogP contribution in [0.5, 0.6) is 0 Å². The number of aliphatic carboxylic acids is 1. The zero-order chi connectivity index (χ0) is 19.9. The highest BCUT2D eigenvalue weighted by Crippen LogP contribution is 2.13. The molecule has 0 aromatic rings. The molecule has 0 aliphatic carbocycles. The van der Waals surface area contributed by atoms with Crippen LogP contribution in [0.4, 0.5) is 0 Å². The van der Waals surface area contributed by atoms with Crippen LogP contribution >= 0.6 is 0 Å². The van der Waals surface area contributed by atoms with Crippen molar-refractivity contribution in [3.05, 3.63) is 11.8 Å². The lowest BCUT2D eigenvalue weighted by Gasteiger charge is -2.03. The van der Waals surface area contributed by atoms with E-state index in [4.69, 9.17) is 5.11 Å². The molecule has 0 heterocycles. The van der Waals surface area contributed by atoms with Crippen LogP contribution in [-0.4, -0.2) is 18.1 Å². The molecule has 0 unspecified atom stereocenters. The Morgan fingerprint density at radius 3 is 1.31 bits per heavy atom. The number of rotatable bonds is 17. The molecule has 0 atom stereocenters. The molecular weight excluding hydrogens is 322 g/mol. The lowest BCUT2D eigenvalue weighted by atomic mass is 10.0. The third kappa shape index (κ3) is 30.8. The first-order chi connectivity index (χ1) is 12.5. The predicted molar refractivity (Wildman–Crippen MR) is 116 cm³/mol. The first-order valence-electron chi connectivity index (χ1n) is 11.1. The molecule has 0 radical (unpaired) electrons. The van der Waals surface area contributed by atoms with Crippen molar-refractivity contribution in [1.82, 2.24) is 5.32 Å². The normalized spacial score (nSPS) is 10.0. The smallest absolute Gasteiger partial charge is 0.303 e. The summed E-state index contributed by atoms with van der Waals surface area (Å²) in [4.78, 5) is 10.3. The Kier molecular flexibility index (Phi) is 25.1. The molecule has 3 heteroatoms. The van der Waals surface area contributed by atoms with Gasteiger partial charge >= 0.3 is 5.97 Å². The minimum atomic E-state index is -0.653. The van der Waals surface area contributed by atoms with Crippen LogP contribution in [0.25, 0.3) is 0 Å². The number of carbonyl (C=O) groups is 1. The van der Waals surface area contributed by atoms with Gasteiger partial charge in [0.25, 0.3) is 0 Å². The van der Waals surface area contributed by atoms with E-state index in [0.29, 0.717) is 6.42 Å². The van der Waals surface area contributed by atoms with Crippen LogP contribution in [0, 0.1) is 0 Å². The summed E-state index contributed by atoms with van der Waals surface area (Å²) in [6.45, 7) is 6.37. The molecule has 0 fully saturated rings. The Morgan fingerprint density at radius 2 is 1.08 bits per heavy atom. The Balaban J connectivity index is 0. The van der Waals surface area contributed by atoms with Crippen molar-refractivity contribution in [1.29, 1.82) is 0 Å². The van der Waals surface area contributed by atoms with Gasteiger partial charge in [-0.05, 0) is 26.5 Å². The van der Waals surface area contributed by atoms with Gasteiger partial charge in [-0.25, -0.2) is 0 Å². The van der Waals surface area contributed by atoms with E-state index in [2.05, 4.69) is 26.1 Å². The van der Waals surface area contributed by atoms with Gasteiger partial charge in [0.15, 0.2) is 0 Å². The van der Waals surface area contributed by atoms with Crippen LogP contribution in [-0.2, 0) is 4.79 Å². The Hall–Kier alpha value is -0.990. The van der Waals surface area contributed by atoms with E-state index < -0.39 is 5.97 Å². The number of carboxylic acid groups (broad SMARTS) is 1. The number of allylic oxidation sites excluding steroid dienone is 1. The molecule has 3 nitrogen and oxygen atoms in total. The third-order valence-electron chi connectivity index (χ3n) is 4.43. The lowest BCUT2D eigenvalue weighted by molar-refractivity contribution is -0.137. The van der Waals surface area contributed by atoms with E-state index in [-0.39, 0.29) is 0 Å². The first-order valence-corrected chi connectivity index (χ1v) is 11.1. The quantitative estimate of drug-likeness (QED) is 0.261. The van der Waals surface area contributed by atoms with Crippen LogP contribution in [0.3, 0.4) is 0 Å². The number of unbranched alkanes of at least 4 members (excludes halogenated alkanes) is 14. The van der Waals surface area contributed by atoms with E-state index in [1.807, 2.05) is 13.2 Å². The Labute approximate surface area is 164 Å². The molecule has 0 spiro atoms. The van der Waals surface area contributed by atoms with E-state index in [0.717, 1.165) is 12.8 Å². The van der Waals surface area contributed by atoms with Crippen molar-refractivity contribution in [2.45, 2.75) is 124 Å². The number of nitrogens with one attached hydrogen (secondary N) is 1. The van der Waals surface area contributed by atoms with Crippen molar-refractivity contribution in [3.63, 3.8) is 0 Å². The number of hydrogen-bond donors (Lipinski definition) is 2. The molecule has 0 amide bonds. The average Bonchev–Trinajstić information content (AvgIpc) is 2.58. The van der Waals surface area contributed by atoms with Gasteiger partial charge in [-0.2, -0.15) is 0 Å². The van der Waals surface area contributed by atoms with Gasteiger partial charge in [-0.15, -0.1) is 0 Å². The number of carboxylic acids is 1. The van der Waals surface area contributed by atoms with Crippen molar-refractivity contribution in [2.24, 2.45) is 0 Å². The molecule has 0 bridgehead atoms. The van der Waals surface area contributed by atoms with Gasteiger partial charge in [-0.1, -0.05) is 102 Å².